The minimum absolute atomic E-state index is 0.234. The van der Waals surface area contributed by atoms with Gasteiger partial charge in [0.15, 0.2) is 0 Å². The second-order valence-electron chi connectivity index (χ2n) is 4.78. The van der Waals surface area contributed by atoms with Gasteiger partial charge in [0.1, 0.15) is 6.73 Å². The summed E-state index contributed by atoms with van der Waals surface area (Å²) in [5.74, 6) is -0.492. The lowest BCUT2D eigenvalue weighted by atomic mass is 10.1. The van der Waals surface area contributed by atoms with Gasteiger partial charge in [-0.2, -0.15) is 0 Å². The topological polar surface area (TPSA) is 88.3 Å². The number of aryl methyl sites for hydroxylation is 1. The van der Waals surface area contributed by atoms with Crippen molar-refractivity contribution in [2.24, 2.45) is 0 Å². The van der Waals surface area contributed by atoms with E-state index in [-0.39, 0.29) is 18.5 Å². The molecule has 21 heavy (non-hydrogen) atoms. The number of rotatable bonds is 5. The first-order valence-corrected chi connectivity index (χ1v) is 6.66. The molecule has 2 heterocycles. The van der Waals surface area contributed by atoms with Crippen LogP contribution in [0.1, 0.15) is 32.8 Å². The smallest absolute Gasteiger partial charge is 0.261 e. The van der Waals surface area contributed by atoms with Crippen LogP contribution in [0.2, 0.25) is 0 Å². The van der Waals surface area contributed by atoms with Crippen molar-refractivity contribution < 1.29 is 14.7 Å². The number of aliphatic hydroxyl groups excluding tert-OH is 1. The summed E-state index contributed by atoms with van der Waals surface area (Å²) in [6.07, 6.45) is 2.75. The van der Waals surface area contributed by atoms with Crippen LogP contribution in [0.3, 0.4) is 0 Å². The molecular weight excluding hydrogens is 272 g/mol. The van der Waals surface area contributed by atoms with Crippen molar-refractivity contribution in [3.05, 3.63) is 47.3 Å². The van der Waals surface area contributed by atoms with E-state index in [9.17, 15) is 9.59 Å². The molecule has 0 radical (unpaired) electrons. The maximum atomic E-state index is 12.2. The van der Waals surface area contributed by atoms with Crippen LogP contribution in [0.5, 0.6) is 0 Å². The van der Waals surface area contributed by atoms with Crippen LogP contribution in [-0.4, -0.2) is 43.4 Å². The minimum Gasteiger partial charge on any atom is -0.374 e. The fourth-order valence-corrected chi connectivity index (χ4v) is 2.45. The molecule has 1 aromatic heterocycles. The Kier molecular flexibility index (Phi) is 3.49. The molecule has 0 bridgehead atoms. The number of aromatic nitrogens is 3. The van der Waals surface area contributed by atoms with Crippen molar-refractivity contribution >= 4 is 11.8 Å². The Labute approximate surface area is 120 Å². The number of nitrogens with zero attached hydrogens (tertiary/aromatic N) is 4. The third-order valence-electron chi connectivity index (χ3n) is 3.52. The molecule has 0 saturated heterocycles. The lowest BCUT2D eigenvalue weighted by Crippen LogP contribution is -2.31. The lowest BCUT2D eigenvalue weighted by Gasteiger charge is -2.13. The van der Waals surface area contributed by atoms with Gasteiger partial charge in [-0.3, -0.25) is 14.5 Å². The maximum Gasteiger partial charge on any atom is 0.261 e. The Hall–Kier alpha value is -2.54. The van der Waals surface area contributed by atoms with E-state index in [2.05, 4.69) is 10.3 Å². The fraction of sp³-hybridized carbons (Fsp3) is 0.286. The summed E-state index contributed by atoms with van der Waals surface area (Å²) in [5.41, 5.74) is 1.70. The van der Waals surface area contributed by atoms with Crippen molar-refractivity contribution in [3.8, 4) is 0 Å². The van der Waals surface area contributed by atoms with E-state index >= 15 is 0 Å². The molecule has 1 aromatic carbocycles. The molecule has 0 spiro atoms. The van der Waals surface area contributed by atoms with Crippen LogP contribution in [0.15, 0.2) is 30.5 Å². The number of carbonyl (C=O) groups is 2. The van der Waals surface area contributed by atoms with Crippen LogP contribution in [0, 0.1) is 0 Å². The molecule has 1 N–H and O–H groups in total. The number of hydrogen-bond donors (Lipinski definition) is 1. The third kappa shape index (κ3) is 2.31. The predicted octanol–water partition coefficient (Wildman–Crippen LogP) is 0.457. The Morgan fingerprint density at radius 2 is 1.76 bits per heavy atom. The molecule has 3 rings (SSSR count). The van der Waals surface area contributed by atoms with E-state index in [0.717, 1.165) is 5.69 Å². The van der Waals surface area contributed by atoms with Gasteiger partial charge in [-0.05, 0) is 25.0 Å². The van der Waals surface area contributed by atoms with Gasteiger partial charge < -0.3 is 5.11 Å². The SMILES string of the molecule is O=C1c2ccccc2C(=O)N1CCCc1cnnn1CO. The monoisotopic (exact) mass is 286 g/mol. The average molecular weight is 286 g/mol. The Morgan fingerprint density at radius 1 is 1.10 bits per heavy atom. The van der Waals surface area contributed by atoms with Crippen LogP contribution in [-0.2, 0) is 13.2 Å². The number of amides is 2. The lowest BCUT2D eigenvalue weighted by molar-refractivity contribution is 0.0652. The van der Waals surface area contributed by atoms with E-state index in [1.807, 2.05) is 0 Å². The summed E-state index contributed by atoms with van der Waals surface area (Å²) in [6.45, 7) is 0.102. The first kappa shape index (κ1) is 13.4. The molecule has 1 aliphatic heterocycles. The summed E-state index contributed by atoms with van der Waals surface area (Å²) in [7, 11) is 0. The van der Waals surface area contributed by atoms with Crippen molar-refractivity contribution in [3.63, 3.8) is 0 Å². The zero-order valence-electron chi connectivity index (χ0n) is 11.3. The second kappa shape index (κ2) is 5.45. The van der Waals surface area contributed by atoms with Crippen molar-refractivity contribution in [2.75, 3.05) is 6.54 Å². The van der Waals surface area contributed by atoms with E-state index in [1.165, 1.54) is 9.58 Å². The molecule has 0 aliphatic carbocycles. The van der Waals surface area contributed by atoms with Gasteiger partial charge in [0.25, 0.3) is 11.8 Å². The number of imide groups is 1. The van der Waals surface area contributed by atoms with E-state index in [0.29, 0.717) is 30.5 Å². The first-order chi connectivity index (χ1) is 10.2. The van der Waals surface area contributed by atoms with Crippen LogP contribution in [0.4, 0.5) is 0 Å². The maximum absolute atomic E-state index is 12.2. The van der Waals surface area contributed by atoms with Gasteiger partial charge in [0, 0.05) is 6.54 Å². The molecule has 0 atom stereocenters. The zero-order chi connectivity index (χ0) is 14.8. The molecular formula is C14H14N4O3. The Bertz CT molecular complexity index is 660. The molecule has 1 aliphatic rings. The number of fused-ring (bicyclic) bond motifs is 1. The highest BCUT2D eigenvalue weighted by atomic mass is 16.3. The van der Waals surface area contributed by atoms with Crippen LogP contribution >= 0.6 is 0 Å². The van der Waals surface area contributed by atoms with Gasteiger partial charge >= 0.3 is 0 Å². The van der Waals surface area contributed by atoms with E-state index < -0.39 is 0 Å². The van der Waals surface area contributed by atoms with Crippen molar-refractivity contribution in [1.82, 2.24) is 19.9 Å². The summed E-state index contributed by atoms with van der Waals surface area (Å²) >= 11 is 0. The molecule has 2 amide bonds. The molecule has 0 unspecified atom stereocenters. The van der Waals surface area contributed by atoms with Gasteiger partial charge in [-0.15, -0.1) is 5.10 Å². The summed E-state index contributed by atoms with van der Waals surface area (Å²) < 4.78 is 1.38. The normalized spacial score (nSPS) is 13.9. The van der Waals surface area contributed by atoms with Crippen LogP contribution in [0.25, 0.3) is 0 Å². The third-order valence-corrected chi connectivity index (χ3v) is 3.52. The van der Waals surface area contributed by atoms with Crippen LogP contribution < -0.4 is 0 Å². The molecule has 7 heteroatoms. The van der Waals surface area contributed by atoms with E-state index in [1.54, 1.807) is 30.5 Å². The predicted molar refractivity (Wildman–Crippen MR) is 72.4 cm³/mol. The second-order valence-corrected chi connectivity index (χ2v) is 4.78. The van der Waals surface area contributed by atoms with Gasteiger partial charge in [0.2, 0.25) is 0 Å². The number of benzene rings is 1. The van der Waals surface area contributed by atoms with Gasteiger partial charge in [-0.1, -0.05) is 17.3 Å². The summed E-state index contributed by atoms with van der Waals surface area (Å²) in [5, 5.41) is 16.5. The highest BCUT2D eigenvalue weighted by molar-refractivity contribution is 6.21. The average Bonchev–Trinajstić information content (AvgIpc) is 3.06. The quantitative estimate of drug-likeness (QED) is 0.806. The summed E-state index contributed by atoms with van der Waals surface area (Å²) in [4.78, 5) is 25.6. The highest BCUT2D eigenvalue weighted by Gasteiger charge is 2.34. The molecule has 0 fully saturated rings. The molecule has 7 nitrogen and oxygen atoms in total. The van der Waals surface area contributed by atoms with Gasteiger partial charge in [0.05, 0.1) is 23.0 Å². The number of hydrogen-bond acceptors (Lipinski definition) is 5. The first-order valence-electron chi connectivity index (χ1n) is 6.66. The number of aliphatic hydroxyl groups is 1. The molecule has 0 saturated carbocycles. The fourth-order valence-electron chi connectivity index (χ4n) is 2.45. The minimum atomic E-state index is -0.246. The van der Waals surface area contributed by atoms with Gasteiger partial charge in [-0.25, -0.2) is 4.68 Å². The van der Waals surface area contributed by atoms with Crippen molar-refractivity contribution in [1.29, 1.82) is 0 Å². The van der Waals surface area contributed by atoms with E-state index in [4.69, 9.17) is 5.11 Å². The largest absolute Gasteiger partial charge is 0.374 e. The number of carbonyl (C=O) groups excluding carboxylic acids is 2. The highest BCUT2D eigenvalue weighted by Crippen LogP contribution is 2.22. The Balaban J connectivity index is 1.65. The summed E-state index contributed by atoms with van der Waals surface area (Å²) in [6, 6.07) is 6.83. The zero-order valence-corrected chi connectivity index (χ0v) is 11.3. The molecule has 2 aromatic rings. The van der Waals surface area contributed by atoms with Crippen molar-refractivity contribution in [2.45, 2.75) is 19.6 Å². The Morgan fingerprint density at radius 3 is 2.38 bits per heavy atom. The standard InChI is InChI=1S/C14H14N4O3/c19-9-18-10(8-15-16-18)4-3-7-17-13(20)11-5-1-2-6-12(11)14(17)21/h1-2,5-6,8,19H,3-4,7,9H2. The molecule has 108 valence electrons.